The minimum Gasteiger partial charge on any atom is -0.444 e. The lowest BCUT2D eigenvalue weighted by atomic mass is 9.84. The zero-order chi connectivity index (χ0) is 32.9. The molecule has 3 aromatic rings. The van der Waals surface area contributed by atoms with Crippen molar-refractivity contribution in [2.45, 2.75) is 76.8 Å². The molecule has 0 spiro atoms. The lowest BCUT2D eigenvalue weighted by Gasteiger charge is -2.35. The van der Waals surface area contributed by atoms with Crippen molar-refractivity contribution < 1.29 is 32.2 Å². The van der Waals surface area contributed by atoms with Crippen molar-refractivity contribution in [3.8, 4) is 0 Å². The Bertz CT molecular complexity index is 1560. The Labute approximate surface area is 260 Å². The molecular weight excluding hydrogens is 587 g/mol. The van der Waals surface area contributed by atoms with Crippen molar-refractivity contribution in [2.75, 3.05) is 11.9 Å². The molecule has 12 heteroatoms. The van der Waals surface area contributed by atoms with Gasteiger partial charge in [0.25, 0.3) is 0 Å². The fraction of sp³-hybridized carbons (Fsp3) is 0.394. The lowest BCUT2D eigenvalue weighted by molar-refractivity contribution is -0.117. The number of carbonyl (C=O) groups excluding carboxylic acids is 2. The molecule has 1 aliphatic rings. The molecule has 1 N–H and O–H groups in total. The molecule has 1 heterocycles. The van der Waals surface area contributed by atoms with Crippen LogP contribution in [0.1, 0.15) is 63.6 Å². The molecule has 0 aromatic heterocycles. The fourth-order valence-corrected chi connectivity index (χ4v) is 5.51. The van der Waals surface area contributed by atoms with Crippen LogP contribution in [0, 0.1) is 17.5 Å². The van der Waals surface area contributed by atoms with Crippen molar-refractivity contribution in [3.05, 3.63) is 111 Å². The predicted octanol–water partition coefficient (Wildman–Crippen LogP) is 7.86. The summed E-state index contributed by atoms with van der Waals surface area (Å²) >= 11 is 0. The topological polar surface area (TPSA) is 117 Å². The maximum atomic E-state index is 15.3. The van der Waals surface area contributed by atoms with E-state index in [1.807, 2.05) is 0 Å². The number of azide groups is 1. The van der Waals surface area contributed by atoms with Gasteiger partial charge < -0.3 is 14.8 Å². The monoisotopic (exact) mass is 623 g/mol. The molecule has 0 saturated carbocycles. The molecule has 2 atom stereocenters. The van der Waals surface area contributed by atoms with Crippen LogP contribution in [0.2, 0.25) is 0 Å². The fourth-order valence-electron chi connectivity index (χ4n) is 5.51. The normalized spacial score (nSPS) is 16.6. The Morgan fingerprint density at radius 3 is 2.22 bits per heavy atom. The summed E-state index contributed by atoms with van der Waals surface area (Å²) in [5, 5.41) is 6.40. The van der Waals surface area contributed by atoms with Gasteiger partial charge in [0.2, 0.25) is 5.91 Å². The van der Waals surface area contributed by atoms with E-state index in [0.717, 1.165) is 0 Å². The molecule has 2 unspecified atom stereocenters. The summed E-state index contributed by atoms with van der Waals surface area (Å²) in [7, 11) is 0. The van der Waals surface area contributed by atoms with Crippen molar-refractivity contribution in [1.82, 2.24) is 4.90 Å². The number of nitrogens with zero attached hydrogens (tertiary/aromatic N) is 4. The lowest BCUT2D eigenvalue weighted by Crippen LogP contribution is -2.50. The smallest absolute Gasteiger partial charge is 0.412 e. The summed E-state index contributed by atoms with van der Waals surface area (Å²) in [5.74, 6) is -3.66. The SMILES string of the molecule is CC(C)(C)OC(=O)N1C(CCc2c(F)cccc2NC(=O)C(N=[N+]=[N-])C(c2cccc(F)c2)c2cccc(F)c2)COC1(C)C. The average Bonchev–Trinajstić information content (AvgIpc) is 3.25. The van der Waals surface area contributed by atoms with Gasteiger partial charge in [0.15, 0.2) is 0 Å². The minimum absolute atomic E-state index is 0.106. The van der Waals surface area contributed by atoms with Crippen LogP contribution in [0.5, 0.6) is 0 Å². The molecule has 0 bridgehead atoms. The van der Waals surface area contributed by atoms with E-state index in [-0.39, 0.29) is 41.8 Å². The van der Waals surface area contributed by atoms with E-state index in [2.05, 4.69) is 15.3 Å². The number of ether oxygens (including phenoxy) is 2. The molecule has 0 radical (unpaired) electrons. The second-order valence-corrected chi connectivity index (χ2v) is 12.3. The second-order valence-electron chi connectivity index (χ2n) is 12.3. The number of amides is 2. The Morgan fingerprint density at radius 2 is 1.67 bits per heavy atom. The summed E-state index contributed by atoms with van der Waals surface area (Å²) in [4.78, 5) is 31.2. The number of rotatable bonds is 9. The van der Waals surface area contributed by atoms with Gasteiger partial charge in [0.05, 0.1) is 12.6 Å². The number of hydrogen-bond donors (Lipinski definition) is 1. The van der Waals surface area contributed by atoms with E-state index in [0.29, 0.717) is 0 Å². The highest BCUT2D eigenvalue weighted by molar-refractivity contribution is 5.96. The molecule has 1 fully saturated rings. The van der Waals surface area contributed by atoms with Crippen LogP contribution in [0.4, 0.5) is 23.7 Å². The summed E-state index contributed by atoms with van der Waals surface area (Å²) in [6.45, 7) is 8.97. The maximum absolute atomic E-state index is 15.3. The third-order valence-corrected chi connectivity index (χ3v) is 7.44. The van der Waals surface area contributed by atoms with Gasteiger partial charge in [0, 0.05) is 22.1 Å². The highest BCUT2D eigenvalue weighted by atomic mass is 19.1. The number of halogens is 3. The first-order valence-corrected chi connectivity index (χ1v) is 14.5. The van der Waals surface area contributed by atoms with Gasteiger partial charge in [-0.2, -0.15) is 0 Å². The zero-order valence-corrected chi connectivity index (χ0v) is 25.8. The number of benzene rings is 3. The number of hydrogen-bond acceptors (Lipinski definition) is 5. The highest BCUT2D eigenvalue weighted by Crippen LogP contribution is 2.34. The molecule has 9 nitrogen and oxygen atoms in total. The van der Waals surface area contributed by atoms with E-state index in [4.69, 9.17) is 9.47 Å². The quantitative estimate of drug-likeness (QED) is 0.148. The Hall–Kier alpha value is -4.54. The van der Waals surface area contributed by atoms with E-state index >= 15 is 4.39 Å². The number of carbonyl (C=O) groups is 2. The summed E-state index contributed by atoms with van der Waals surface area (Å²) in [5.41, 5.74) is 8.55. The summed E-state index contributed by atoms with van der Waals surface area (Å²) < 4.78 is 55.3. The maximum Gasteiger partial charge on any atom is 0.412 e. The van der Waals surface area contributed by atoms with E-state index in [1.165, 1.54) is 59.5 Å². The molecule has 1 saturated heterocycles. The summed E-state index contributed by atoms with van der Waals surface area (Å²) in [6.07, 6.45) is -0.175. The average molecular weight is 624 g/mol. The van der Waals surface area contributed by atoms with Crippen LogP contribution in [-0.2, 0) is 20.7 Å². The Morgan fingerprint density at radius 1 is 1.07 bits per heavy atom. The van der Waals surface area contributed by atoms with Crippen LogP contribution in [-0.4, -0.2) is 46.9 Å². The minimum atomic E-state index is -1.50. The number of nitrogens with one attached hydrogen (secondary N) is 1. The van der Waals surface area contributed by atoms with Crippen molar-refractivity contribution in [3.63, 3.8) is 0 Å². The second kappa shape index (κ2) is 13.6. The van der Waals surface area contributed by atoms with Crippen LogP contribution in [0.3, 0.4) is 0 Å². The molecule has 0 aliphatic carbocycles. The Balaban J connectivity index is 1.63. The van der Waals surface area contributed by atoms with Crippen molar-refractivity contribution in [1.29, 1.82) is 0 Å². The van der Waals surface area contributed by atoms with Crippen LogP contribution >= 0.6 is 0 Å². The van der Waals surface area contributed by atoms with E-state index in [9.17, 15) is 23.9 Å². The highest BCUT2D eigenvalue weighted by Gasteiger charge is 2.45. The third-order valence-electron chi connectivity index (χ3n) is 7.44. The zero-order valence-electron chi connectivity index (χ0n) is 25.8. The van der Waals surface area contributed by atoms with Gasteiger partial charge >= 0.3 is 6.09 Å². The number of anilines is 1. The third kappa shape index (κ3) is 8.14. The predicted molar refractivity (Wildman–Crippen MR) is 163 cm³/mol. The van der Waals surface area contributed by atoms with Crippen LogP contribution in [0.25, 0.3) is 10.4 Å². The largest absolute Gasteiger partial charge is 0.444 e. The molecule has 3 aromatic carbocycles. The van der Waals surface area contributed by atoms with Crippen molar-refractivity contribution in [2.24, 2.45) is 5.11 Å². The summed E-state index contributed by atoms with van der Waals surface area (Å²) in [6, 6.07) is 13.0. The molecule has 4 rings (SSSR count). The standard InChI is InChI=1S/C33H36F3N5O4/c1-32(2,3)45-31(43)41-24(19-44-33(41,4)5)15-16-25-26(36)13-8-14-27(25)38-30(42)29(39-40-37)28(20-9-6-11-22(34)17-20)21-10-7-12-23(35)18-21/h6-14,17-18,24,28-29H,15-16,19H2,1-5H3,(H,38,42). The van der Waals surface area contributed by atoms with Gasteiger partial charge in [0.1, 0.15) is 34.8 Å². The molecule has 1 aliphatic heterocycles. The first-order valence-electron chi connectivity index (χ1n) is 14.5. The molecule has 238 valence electrons. The van der Waals surface area contributed by atoms with Gasteiger partial charge in [-0.05, 0) is 101 Å². The van der Waals surface area contributed by atoms with Gasteiger partial charge in [-0.15, -0.1) is 0 Å². The van der Waals surface area contributed by atoms with Gasteiger partial charge in [-0.1, -0.05) is 35.4 Å². The first kappa shape index (κ1) is 33.4. The molecular formula is C33H36F3N5O4. The van der Waals surface area contributed by atoms with Crippen LogP contribution in [0.15, 0.2) is 71.8 Å². The van der Waals surface area contributed by atoms with Crippen molar-refractivity contribution >= 4 is 17.7 Å². The van der Waals surface area contributed by atoms with E-state index < -0.39 is 58.8 Å². The van der Waals surface area contributed by atoms with Gasteiger partial charge in [-0.3, -0.25) is 9.69 Å². The van der Waals surface area contributed by atoms with Gasteiger partial charge in [-0.25, -0.2) is 18.0 Å². The van der Waals surface area contributed by atoms with Crippen LogP contribution < -0.4 is 5.32 Å². The Kier molecular flexibility index (Phi) is 10.1. The molecule has 45 heavy (non-hydrogen) atoms. The first-order chi connectivity index (χ1) is 21.2. The molecule has 2 amide bonds. The van der Waals surface area contributed by atoms with E-state index in [1.54, 1.807) is 46.8 Å².